The second-order valence-electron chi connectivity index (χ2n) is 6.08. The lowest BCUT2D eigenvalue weighted by Crippen LogP contribution is -2.31. The average molecular weight is 325 g/mol. The van der Waals surface area contributed by atoms with Crippen LogP contribution in [-0.2, 0) is 11.3 Å². The summed E-state index contributed by atoms with van der Waals surface area (Å²) in [6, 6.07) is 17.8. The van der Waals surface area contributed by atoms with Crippen LogP contribution in [0.5, 0.6) is 5.75 Å². The van der Waals surface area contributed by atoms with E-state index in [1.54, 1.807) is 4.90 Å². The standard InChI is InChI=1S/C20H23NO3/c1-3-13-23-18-11-9-16(10-12-18)14-21-15(2)19(24-20(21)22)17-7-5-4-6-8-17/h4-12,15,19H,3,13-14H2,1-2H3/t15-,19-/m0/s1. The van der Waals surface area contributed by atoms with Gasteiger partial charge >= 0.3 is 6.09 Å². The zero-order valence-electron chi connectivity index (χ0n) is 14.1. The van der Waals surface area contributed by atoms with Crippen molar-refractivity contribution in [1.82, 2.24) is 4.90 Å². The molecule has 1 aliphatic heterocycles. The third-order valence-corrected chi connectivity index (χ3v) is 4.27. The number of ether oxygens (including phenoxy) is 2. The molecule has 126 valence electrons. The number of amides is 1. The lowest BCUT2D eigenvalue weighted by Gasteiger charge is -2.21. The third-order valence-electron chi connectivity index (χ3n) is 4.27. The predicted molar refractivity (Wildman–Crippen MR) is 92.9 cm³/mol. The largest absolute Gasteiger partial charge is 0.494 e. The van der Waals surface area contributed by atoms with E-state index in [0.29, 0.717) is 13.2 Å². The summed E-state index contributed by atoms with van der Waals surface area (Å²) < 4.78 is 11.2. The first kappa shape index (κ1) is 16.4. The Bertz CT molecular complexity index is 669. The van der Waals surface area contributed by atoms with Gasteiger partial charge < -0.3 is 9.47 Å². The van der Waals surface area contributed by atoms with Crippen molar-refractivity contribution in [3.63, 3.8) is 0 Å². The molecule has 2 aromatic carbocycles. The highest BCUT2D eigenvalue weighted by atomic mass is 16.6. The van der Waals surface area contributed by atoms with Crippen molar-refractivity contribution in [3.05, 3.63) is 65.7 Å². The highest BCUT2D eigenvalue weighted by Crippen LogP contribution is 2.33. The molecule has 1 amide bonds. The fourth-order valence-electron chi connectivity index (χ4n) is 2.91. The summed E-state index contributed by atoms with van der Waals surface area (Å²) in [4.78, 5) is 14.0. The second-order valence-corrected chi connectivity index (χ2v) is 6.08. The normalized spacial score (nSPS) is 20.1. The first-order valence-corrected chi connectivity index (χ1v) is 8.43. The van der Waals surface area contributed by atoms with Crippen LogP contribution in [0.2, 0.25) is 0 Å². The van der Waals surface area contributed by atoms with Crippen molar-refractivity contribution in [2.45, 2.75) is 39.0 Å². The Balaban J connectivity index is 1.67. The molecule has 1 aliphatic rings. The molecular weight excluding hydrogens is 302 g/mol. The molecule has 0 radical (unpaired) electrons. The smallest absolute Gasteiger partial charge is 0.411 e. The number of rotatable bonds is 6. The predicted octanol–water partition coefficient (Wildman–Crippen LogP) is 4.56. The lowest BCUT2D eigenvalue weighted by molar-refractivity contribution is 0.130. The van der Waals surface area contributed by atoms with E-state index >= 15 is 0 Å². The van der Waals surface area contributed by atoms with Crippen LogP contribution in [-0.4, -0.2) is 23.6 Å². The molecule has 1 saturated heterocycles. The average Bonchev–Trinajstić information content (AvgIpc) is 2.90. The maximum absolute atomic E-state index is 12.3. The Morgan fingerprint density at radius 1 is 1.08 bits per heavy atom. The number of cyclic esters (lactones) is 1. The molecule has 0 spiro atoms. The van der Waals surface area contributed by atoms with Gasteiger partial charge in [0.05, 0.1) is 12.6 Å². The molecule has 0 N–H and O–H groups in total. The fraction of sp³-hybridized carbons (Fsp3) is 0.350. The van der Waals surface area contributed by atoms with E-state index in [9.17, 15) is 4.79 Å². The first-order chi connectivity index (χ1) is 11.7. The number of hydrogen-bond acceptors (Lipinski definition) is 3. The van der Waals surface area contributed by atoms with Crippen LogP contribution in [0.15, 0.2) is 54.6 Å². The minimum Gasteiger partial charge on any atom is -0.494 e. The van der Waals surface area contributed by atoms with E-state index in [4.69, 9.17) is 9.47 Å². The van der Waals surface area contributed by atoms with Gasteiger partial charge in [0.2, 0.25) is 0 Å². The summed E-state index contributed by atoms with van der Waals surface area (Å²) >= 11 is 0. The van der Waals surface area contributed by atoms with Gasteiger partial charge in [0.25, 0.3) is 0 Å². The molecule has 1 heterocycles. The van der Waals surface area contributed by atoms with Gasteiger partial charge in [-0.05, 0) is 36.6 Å². The molecule has 4 nitrogen and oxygen atoms in total. The van der Waals surface area contributed by atoms with Crippen molar-refractivity contribution < 1.29 is 14.3 Å². The Morgan fingerprint density at radius 2 is 1.79 bits per heavy atom. The summed E-state index contributed by atoms with van der Waals surface area (Å²) in [7, 11) is 0. The molecule has 0 unspecified atom stereocenters. The first-order valence-electron chi connectivity index (χ1n) is 8.43. The molecule has 4 heteroatoms. The van der Waals surface area contributed by atoms with Crippen molar-refractivity contribution in [3.8, 4) is 5.75 Å². The highest BCUT2D eigenvalue weighted by molar-refractivity contribution is 5.71. The minimum absolute atomic E-state index is 0.00378. The van der Waals surface area contributed by atoms with Gasteiger partial charge in [-0.2, -0.15) is 0 Å². The summed E-state index contributed by atoms with van der Waals surface area (Å²) in [6.45, 7) is 5.37. The number of carbonyl (C=O) groups is 1. The summed E-state index contributed by atoms with van der Waals surface area (Å²) in [5.74, 6) is 0.861. The Morgan fingerprint density at radius 3 is 2.46 bits per heavy atom. The van der Waals surface area contributed by atoms with Gasteiger partial charge in [-0.25, -0.2) is 4.79 Å². The molecule has 2 atom stereocenters. The zero-order valence-corrected chi connectivity index (χ0v) is 14.1. The van der Waals surface area contributed by atoms with Crippen LogP contribution in [0.4, 0.5) is 4.79 Å². The van der Waals surface area contributed by atoms with Gasteiger partial charge in [0.1, 0.15) is 11.9 Å². The summed E-state index contributed by atoms with van der Waals surface area (Å²) in [6.07, 6.45) is 0.508. The number of carbonyl (C=O) groups excluding carboxylic acids is 1. The summed E-state index contributed by atoms with van der Waals surface area (Å²) in [5.41, 5.74) is 2.10. The van der Waals surface area contributed by atoms with E-state index in [-0.39, 0.29) is 18.2 Å². The monoisotopic (exact) mass is 325 g/mol. The maximum atomic E-state index is 12.3. The van der Waals surface area contributed by atoms with E-state index in [1.807, 2.05) is 61.5 Å². The fourth-order valence-corrected chi connectivity index (χ4v) is 2.91. The van der Waals surface area contributed by atoms with Crippen molar-refractivity contribution >= 4 is 6.09 Å². The second kappa shape index (κ2) is 7.39. The highest BCUT2D eigenvalue weighted by Gasteiger charge is 2.39. The minimum atomic E-state index is -0.261. The van der Waals surface area contributed by atoms with Crippen LogP contribution in [0.1, 0.15) is 37.5 Å². The number of nitrogens with zero attached hydrogens (tertiary/aromatic N) is 1. The van der Waals surface area contributed by atoms with Gasteiger partial charge in [-0.3, -0.25) is 4.90 Å². The van der Waals surface area contributed by atoms with Crippen molar-refractivity contribution in [2.75, 3.05) is 6.61 Å². The van der Waals surface area contributed by atoms with Crippen LogP contribution in [0, 0.1) is 0 Å². The molecule has 0 bridgehead atoms. The van der Waals surface area contributed by atoms with Crippen LogP contribution >= 0.6 is 0 Å². The molecule has 0 saturated carbocycles. The quantitative estimate of drug-likeness (QED) is 0.781. The van der Waals surface area contributed by atoms with Gasteiger partial charge in [-0.1, -0.05) is 49.4 Å². The Labute approximate surface area is 143 Å². The Kier molecular flexibility index (Phi) is 5.04. The molecule has 0 aromatic heterocycles. The SMILES string of the molecule is CCCOc1ccc(CN2C(=O)O[C@H](c3ccccc3)[C@@H]2C)cc1. The topological polar surface area (TPSA) is 38.8 Å². The van der Waals surface area contributed by atoms with Gasteiger partial charge in [0.15, 0.2) is 0 Å². The van der Waals surface area contributed by atoms with Crippen LogP contribution in [0.3, 0.4) is 0 Å². The third kappa shape index (κ3) is 3.53. The molecular formula is C20H23NO3. The zero-order chi connectivity index (χ0) is 16.9. The molecule has 3 rings (SSSR count). The van der Waals surface area contributed by atoms with Crippen LogP contribution < -0.4 is 4.74 Å². The van der Waals surface area contributed by atoms with Gasteiger partial charge in [-0.15, -0.1) is 0 Å². The van der Waals surface area contributed by atoms with Crippen LogP contribution in [0.25, 0.3) is 0 Å². The van der Waals surface area contributed by atoms with E-state index < -0.39 is 0 Å². The maximum Gasteiger partial charge on any atom is 0.411 e. The molecule has 2 aromatic rings. The van der Waals surface area contributed by atoms with Gasteiger partial charge in [0, 0.05) is 6.54 Å². The number of hydrogen-bond donors (Lipinski definition) is 0. The molecule has 0 aliphatic carbocycles. The number of benzene rings is 2. The van der Waals surface area contributed by atoms with E-state index in [1.165, 1.54) is 0 Å². The Hall–Kier alpha value is -2.49. The lowest BCUT2D eigenvalue weighted by atomic mass is 10.0. The summed E-state index contributed by atoms with van der Waals surface area (Å²) in [5, 5.41) is 0. The van der Waals surface area contributed by atoms with E-state index in [2.05, 4.69) is 6.92 Å². The van der Waals surface area contributed by atoms with Crippen molar-refractivity contribution in [1.29, 1.82) is 0 Å². The van der Waals surface area contributed by atoms with Crippen molar-refractivity contribution in [2.24, 2.45) is 0 Å². The molecule has 24 heavy (non-hydrogen) atoms. The molecule has 1 fully saturated rings. The van der Waals surface area contributed by atoms with E-state index in [0.717, 1.165) is 23.3 Å².